The molecule has 1 heterocycles. The van der Waals surface area contributed by atoms with Crippen LogP contribution in [-0.4, -0.2) is 46.8 Å². The predicted octanol–water partition coefficient (Wildman–Crippen LogP) is 3.57. The van der Waals surface area contributed by atoms with Crippen molar-refractivity contribution in [1.82, 2.24) is 0 Å². The molecule has 4 nitrogen and oxygen atoms in total. The lowest BCUT2D eigenvalue weighted by Crippen LogP contribution is -2.75. The van der Waals surface area contributed by atoms with E-state index in [2.05, 4.69) is 9.47 Å². The van der Waals surface area contributed by atoms with Crippen molar-refractivity contribution in [3.63, 3.8) is 0 Å². The number of aliphatic hydroxyl groups is 1. The van der Waals surface area contributed by atoms with Crippen LogP contribution in [-0.2, 0) is 14.3 Å². The predicted molar refractivity (Wildman–Crippen MR) is 65.4 cm³/mol. The highest BCUT2D eigenvalue weighted by Gasteiger charge is 2.82. The molecule has 0 amide bonds. The third-order valence-corrected chi connectivity index (χ3v) is 4.07. The lowest BCUT2D eigenvalue weighted by molar-refractivity contribution is -0.495. The average Bonchev–Trinajstić information content (AvgIpc) is 2.41. The van der Waals surface area contributed by atoms with Crippen molar-refractivity contribution in [2.24, 2.45) is 5.92 Å². The second-order valence-electron chi connectivity index (χ2n) is 6.03. The van der Waals surface area contributed by atoms with Crippen molar-refractivity contribution in [3.8, 4) is 0 Å². The van der Waals surface area contributed by atoms with Crippen LogP contribution in [0.25, 0.3) is 0 Å². The zero-order valence-electron chi connectivity index (χ0n) is 13.3. The normalized spacial score (nSPS) is 34.5. The van der Waals surface area contributed by atoms with Crippen LogP contribution in [0.1, 0.15) is 33.6 Å². The number of esters is 1. The van der Waals surface area contributed by atoms with Gasteiger partial charge in [-0.05, 0) is 13.3 Å². The number of hydrogen-bond acceptors (Lipinski definition) is 4. The summed E-state index contributed by atoms with van der Waals surface area (Å²) >= 11 is 0. The van der Waals surface area contributed by atoms with Crippen LogP contribution < -0.4 is 0 Å². The van der Waals surface area contributed by atoms with E-state index >= 15 is 0 Å². The van der Waals surface area contributed by atoms with Gasteiger partial charge in [0.1, 0.15) is 0 Å². The molecule has 1 aliphatic rings. The molecule has 1 fully saturated rings. The topological polar surface area (TPSA) is 55.8 Å². The van der Waals surface area contributed by atoms with Crippen molar-refractivity contribution in [1.29, 1.82) is 0 Å². The standard InChI is InChI=1S/C13H16F8O4/c1-4-6(2)8(22)25-9(3)5-7(10(14,15)16)24-12(23,11(9,17)18)13(19,20)21/h6-7,23H,4-5H2,1-3H3. The maximum atomic E-state index is 14.3. The van der Waals surface area contributed by atoms with E-state index in [0.717, 1.165) is 0 Å². The number of carbonyl (C=O) groups excluding carboxylic acids is 1. The van der Waals surface area contributed by atoms with Crippen molar-refractivity contribution in [3.05, 3.63) is 0 Å². The van der Waals surface area contributed by atoms with Crippen LogP contribution in [0.4, 0.5) is 35.1 Å². The fourth-order valence-corrected chi connectivity index (χ4v) is 2.18. The number of carbonyl (C=O) groups is 1. The van der Waals surface area contributed by atoms with E-state index in [1.807, 2.05) is 0 Å². The first-order valence-electron chi connectivity index (χ1n) is 7.07. The van der Waals surface area contributed by atoms with Gasteiger partial charge in [0.2, 0.25) is 0 Å². The fraction of sp³-hybridized carbons (Fsp3) is 0.923. The van der Waals surface area contributed by atoms with Gasteiger partial charge in [0.25, 0.3) is 0 Å². The first-order valence-corrected chi connectivity index (χ1v) is 7.07. The second kappa shape index (κ2) is 6.22. The molecule has 0 aromatic rings. The Hall–Kier alpha value is -1.17. The van der Waals surface area contributed by atoms with Gasteiger partial charge >= 0.3 is 30.0 Å². The van der Waals surface area contributed by atoms with E-state index in [1.165, 1.54) is 13.8 Å². The molecule has 148 valence electrons. The lowest BCUT2D eigenvalue weighted by Gasteiger charge is -2.51. The van der Waals surface area contributed by atoms with Gasteiger partial charge in [-0.1, -0.05) is 13.8 Å². The van der Waals surface area contributed by atoms with E-state index in [4.69, 9.17) is 0 Å². The van der Waals surface area contributed by atoms with Gasteiger partial charge in [-0.2, -0.15) is 35.1 Å². The molecular weight excluding hydrogens is 372 g/mol. The van der Waals surface area contributed by atoms with Gasteiger partial charge in [0.05, 0.1) is 5.92 Å². The van der Waals surface area contributed by atoms with Crippen LogP contribution in [0.3, 0.4) is 0 Å². The third-order valence-electron chi connectivity index (χ3n) is 4.07. The Morgan fingerprint density at radius 2 is 1.76 bits per heavy atom. The quantitative estimate of drug-likeness (QED) is 0.593. The van der Waals surface area contributed by atoms with Gasteiger partial charge in [0, 0.05) is 6.42 Å². The minimum atomic E-state index is -6.29. The molecule has 1 rings (SSSR count). The molecule has 0 aromatic carbocycles. The van der Waals surface area contributed by atoms with Crippen LogP contribution in [0.15, 0.2) is 0 Å². The van der Waals surface area contributed by atoms with Crippen molar-refractivity contribution >= 4 is 5.97 Å². The number of hydrogen-bond donors (Lipinski definition) is 1. The Morgan fingerprint density at radius 1 is 1.28 bits per heavy atom. The summed E-state index contributed by atoms with van der Waals surface area (Å²) in [5.41, 5.74) is -3.60. The second-order valence-corrected chi connectivity index (χ2v) is 6.03. The summed E-state index contributed by atoms with van der Waals surface area (Å²) in [5.74, 6) is -13.4. The fourth-order valence-electron chi connectivity index (χ4n) is 2.18. The van der Waals surface area contributed by atoms with Gasteiger partial charge in [-0.15, -0.1) is 0 Å². The lowest BCUT2D eigenvalue weighted by atomic mass is 9.81. The van der Waals surface area contributed by atoms with Crippen LogP contribution >= 0.6 is 0 Å². The number of rotatable bonds is 3. The zero-order chi connectivity index (χ0) is 20.1. The average molecular weight is 388 g/mol. The maximum Gasteiger partial charge on any atom is 0.449 e. The molecule has 0 radical (unpaired) electrons. The third kappa shape index (κ3) is 3.55. The molecule has 0 aromatic heterocycles. The first-order chi connectivity index (χ1) is 10.9. The summed E-state index contributed by atoms with van der Waals surface area (Å²) in [4.78, 5) is 11.7. The van der Waals surface area contributed by atoms with Gasteiger partial charge in [-0.25, -0.2) is 0 Å². The molecule has 0 bridgehead atoms. The summed E-state index contributed by atoms with van der Waals surface area (Å²) in [7, 11) is 0. The van der Waals surface area contributed by atoms with Gasteiger partial charge in [-0.3, -0.25) is 4.79 Å². The highest BCUT2D eigenvalue weighted by molar-refractivity contribution is 5.72. The Balaban J connectivity index is 3.45. The minimum absolute atomic E-state index is 0.0449. The van der Waals surface area contributed by atoms with E-state index in [1.54, 1.807) is 0 Å². The SMILES string of the molecule is CCC(C)C(=O)OC1(C)CC(C(F)(F)F)OC(O)(C(F)(F)F)C1(F)F. The Morgan fingerprint density at radius 3 is 2.12 bits per heavy atom. The van der Waals surface area contributed by atoms with Crippen molar-refractivity contribution in [2.75, 3.05) is 0 Å². The first kappa shape index (κ1) is 21.9. The van der Waals surface area contributed by atoms with Crippen LogP contribution in [0, 0.1) is 5.92 Å². The zero-order valence-corrected chi connectivity index (χ0v) is 13.3. The summed E-state index contributed by atoms with van der Waals surface area (Å²) in [5, 5.41) is 9.33. The highest BCUT2D eigenvalue weighted by atomic mass is 19.4. The summed E-state index contributed by atoms with van der Waals surface area (Å²) in [6, 6.07) is 0. The van der Waals surface area contributed by atoms with E-state index in [0.29, 0.717) is 0 Å². The van der Waals surface area contributed by atoms with E-state index in [-0.39, 0.29) is 13.3 Å². The molecule has 4 unspecified atom stereocenters. The largest absolute Gasteiger partial charge is 0.452 e. The monoisotopic (exact) mass is 388 g/mol. The van der Waals surface area contributed by atoms with Crippen LogP contribution in [0.2, 0.25) is 0 Å². The molecule has 0 spiro atoms. The number of alkyl halides is 8. The molecule has 4 atom stereocenters. The Labute approximate surface area is 137 Å². The molecule has 1 N–H and O–H groups in total. The molecule has 25 heavy (non-hydrogen) atoms. The van der Waals surface area contributed by atoms with E-state index < -0.39 is 54.1 Å². The van der Waals surface area contributed by atoms with Crippen molar-refractivity contribution in [2.45, 2.75) is 69.4 Å². The van der Waals surface area contributed by atoms with Crippen LogP contribution in [0.5, 0.6) is 0 Å². The summed E-state index contributed by atoms with van der Waals surface area (Å²) in [6.45, 7) is 2.83. The Kier molecular flexibility index (Phi) is 5.44. The van der Waals surface area contributed by atoms with Gasteiger partial charge in [0.15, 0.2) is 11.7 Å². The van der Waals surface area contributed by atoms with Gasteiger partial charge < -0.3 is 14.6 Å². The summed E-state index contributed by atoms with van der Waals surface area (Å²) < 4.78 is 114. The molecule has 0 aliphatic carbocycles. The molecule has 1 saturated heterocycles. The number of halogens is 8. The molecular formula is C13H16F8O4. The molecule has 1 aliphatic heterocycles. The van der Waals surface area contributed by atoms with E-state index in [9.17, 15) is 45.0 Å². The molecule has 12 heteroatoms. The number of ether oxygens (including phenoxy) is 2. The maximum absolute atomic E-state index is 14.3. The smallest absolute Gasteiger partial charge is 0.449 e. The Bertz CT molecular complexity index is 517. The summed E-state index contributed by atoms with van der Waals surface area (Å²) in [6.07, 6.45) is -17.0. The molecule has 0 saturated carbocycles. The highest BCUT2D eigenvalue weighted by Crippen LogP contribution is 2.56. The van der Waals surface area contributed by atoms with Crippen molar-refractivity contribution < 1.29 is 54.5 Å². The minimum Gasteiger partial charge on any atom is -0.452 e.